The molecule has 0 saturated carbocycles. The molecule has 1 aromatic rings. The van der Waals surface area contributed by atoms with Crippen LogP contribution in [0.15, 0.2) is 29.2 Å². The van der Waals surface area contributed by atoms with Crippen LogP contribution in [0, 0.1) is 0 Å². The summed E-state index contributed by atoms with van der Waals surface area (Å²) < 4.78 is 65.9. The van der Waals surface area contributed by atoms with Crippen molar-refractivity contribution in [3.63, 3.8) is 0 Å². The van der Waals surface area contributed by atoms with Gasteiger partial charge in [0, 0.05) is 12.6 Å². The third-order valence-corrected chi connectivity index (χ3v) is 4.05. The normalized spacial score (nSPS) is 14.0. The highest BCUT2D eigenvalue weighted by atomic mass is 32.2. The van der Waals surface area contributed by atoms with Crippen LogP contribution in [0.3, 0.4) is 0 Å². The van der Waals surface area contributed by atoms with E-state index < -0.39 is 28.2 Å². The molecule has 9 heteroatoms. The van der Waals surface area contributed by atoms with Crippen molar-refractivity contribution in [2.24, 2.45) is 0 Å². The van der Waals surface area contributed by atoms with Gasteiger partial charge in [-0.2, -0.15) is 0 Å². The van der Waals surface area contributed by atoms with Gasteiger partial charge in [-0.3, -0.25) is 0 Å². The Morgan fingerprint density at radius 3 is 2.62 bits per heavy atom. The molecular weight excluding hydrogens is 311 g/mol. The summed E-state index contributed by atoms with van der Waals surface area (Å²) in [5.41, 5.74) is 0. The smallest absolute Gasteiger partial charge is 0.406 e. The fraction of sp³-hybridized carbons (Fsp3) is 0.500. The molecule has 0 saturated heterocycles. The van der Waals surface area contributed by atoms with Crippen LogP contribution in [0.1, 0.15) is 19.8 Å². The number of sulfonamides is 1. The van der Waals surface area contributed by atoms with Gasteiger partial charge in [0.05, 0.1) is 11.0 Å². The van der Waals surface area contributed by atoms with Gasteiger partial charge in [0.1, 0.15) is 5.75 Å². The van der Waals surface area contributed by atoms with Gasteiger partial charge in [0.15, 0.2) is 0 Å². The average molecular weight is 327 g/mol. The highest BCUT2D eigenvalue weighted by Crippen LogP contribution is 2.24. The Balaban J connectivity index is 2.77. The van der Waals surface area contributed by atoms with Gasteiger partial charge >= 0.3 is 6.36 Å². The minimum Gasteiger partial charge on any atom is -0.406 e. The minimum atomic E-state index is -4.89. The molecule has 2 N–H and O–H groups in total. The van der Waals surface area contributed by atoms with E-state index in [1.807, 2.05) is 0 Å². The van der Waals surface area contributed by atoms with Crippen LogP contribution in [0.5, 0.6) is 5.75 Å². The van der Waals surface area contributed by atoms with Crippen LogP contribution in [0.2, 0.25) is 0 Å². The molecule has 0 heterocycles. The first-order valence-corrected chi connectivity index (χ1v) is 7.66. The Hall–Kier alpha value is -1.32. The van der Waals surface area contributed by atoms with Crippen LogP contribution in [-0.4, -0.2) is 32.5 Å². The number of alkyl halides is 3. The van der Waals surface area contributed by atoms with Crippen LogP contribution < -0.4 is 9.46 Å². The molecule has 0 aromatic heterocycles. The third kappa shape index (κ3) is 6.32. The average Bonchev–Trinajstić information content (AvgIpc) is 2.36. The van der Waals surface area contributed by atoms with Crippen molar-refractivity contribution in [3.8, 4) is 5.75 Å². The lowest BCUT2D eigenvalue weighted by Crippen LogP contribution is -2.27. The highest BCUT2D eigenvalue weighted by Gasteiger charge is 2.31. The van der Waals surface area contributed by atoms with Gasteiger partial charge in [-0.1, -0.05) is 13.0 Å². The number of aliphatic hydroxyl groups is 1. The van der Waals surface area contributed by atoms with Crippen LogP contribution >= 0.6 is 0 Å². The number of rotatable bonds is 7. The maximum Gasteiger partial charge on any atom is 0.573 e. The molecule has 0 aliphatic heterocycles. The summed E-state index contributed by atoms with van der Waals surface area (Å²) in [5.74, 6) is -0.612. The quantitative estimate of drug-likeness (QED) is 0.803. The molecule has 0 aliphatic rings. The van der Waals surface area contributed by atoms with E-state index in [4.69, 9.17) is 0 Å². The molecule has 0 bridgehead atoms. The zero-order valence-corrected chi connectivity index (χ0v) is 12.0. The zero-order chi connectivity index (χ0) is 16.1. The zero-order valence-electron chi connectivity index (χ0n) is 11.2. The summed E-state index contributed by atoms with van der Waals surface area (Å²) >= 11 is 0. The third-order valence-electron chi connectivity index (χ3n) is 2.59. The summed E-state index contributed by atoms with van der Waals surface area (Å²) in [7, 11) is -3.95. The topological polar surface area (TPSA) is 75.6 Å². The van der Waals surface area contributed by atoms with E-state index in [0.29, 0.717) is 6.42 Å². The lowest BCUT2D eigenvalue weighted by atomic mass is 10.2. The van der Waals surface area contributed by atoms with Crippen molar-refractivity contribution in [1.82, 2.24) is 4.72 Å². The number of hydrogen-bond acceptors (Lipinski definition) is 4. The number of halogens is 3. The fourth-order valence-electron chi connectivity index (χ4n) is 1.49. The van der Waals surface area contributed by atoms with Crippen LogP contribution in [-0.2, 0) is 10.0 Å². The molecule has 5 nitrogen and oxygen atoms in total. The van der Waals surface area contributed by atoms with Crippen molar-refractivity contribution in [3.05, 3.63) is 24.3 Å². The molecule has 0 fully saturated rings. The Bertz CT molecular complexity index is 560. The summed E-state index contributed by atoms with van der Waals surface area (Å²) in [5, 5.41) is 9.32. The SMILES string of the molecule is CCC(O)CCNS(=O)(=O)c1cccc(OC(F)(F)F)c1. The molecule has 1 atom stereocenters. The van der Waals surface area contributed by atoms with E-state index in [9.17, 15) is 26.7 Å². The van der Waals surface area contributed by atoms with Crippen molar-refractivity contribution in [2.75, 3.05) is 6.54 Å². The Kier molecular flexibility index (Phi) is 5.99. The number of aliphatic hydroxyl groups excluding tert-OH is 1. The van der Waals surface area contributed by atoms with E-state index in [0.717, 1.165) is 24.3 Å². The first-order chi connectivity index (χ1) is 9.64. The lowest BCUT2D eigenvalue weighted by Gasteiger charge is -2.12. The maximum absolute atomic E-state index is 12.1. The van der Waals surface area contributed by atoms with Crippen molar-refractivity contribution >= 4 is 10.0 Å². The second-order valence-corrected chi connectivity index (χ2v) is 6.04. The van der Waals surface area contributed by atoms with Gasteiger partial charge in [-0.25, -0.2) is 13.1 Å². The monoisotopic (exact) mass is 327 g/mol. The van der Waals surface area contributed by atoms with Gasteiger partial charge in [0.2, 0.25) is 10.0 Å². The molecule has 0 spiro atoms. The number of ether oxygens (including phenoxy) is 1. The maximum atomic E-state index is 12.1. The standard InChI is InChI=1S/C12H16F3NO4S/c1-2-9(17)6-7-16-21(18,19)11-5-3-4-10(8-11)20-12(13,14)15/h3-5,8-9,16-17H,2,6-7H2,1H3. The van der Waals surface area contributed by atoms with Crippen molar-refractivity contribution in [2.45, 2.75) is 37.1 Å². The van der Waals surface area contributed by atoms with E-state index in [-0.39, 0.29) is 17.9 Å². The summed E-state index contributed by atoms with van der Waals surface area (Å²) in [6, 6.07) is 4.10. The first-order valence-electron chi connectivity index (χ1n) is 6.17. The summed E-state index contributed by atoms with van der Waals surface area (Å²) in [4.78, 5) is -0.338. The Morgan fingerprint density at radius 2 is 2.05 bits per heavy atom. The molecule has 0 amide bonds. The largest absolute Gasteiger partial charge is 0.573 e. The Morgan fingerprint density at radius 1 is 1.38 bits per heavy atom. The second-order valence-electron chi connectivity index (χ2n) is 4.27. The van der Waals surface area contributed by atoms with E-state index in [1.165, 1.54) is 0 Å². The van der Waals surface area contributed by atoms with Crippen molar-refractivity contribution < 1.29 is 31.4 Å². The van der Waals surface area contributed by atoms with E-state index in [2.05, 4.69) is 9.46 Å². The van der Waals surface area contributed by atoms with Crippen LogP contribution in [0.4, 0.5) is 13.2 Å². The minimum absolute atomic E-state index is 0.0122. The predicted octanol–water partition coefficient (Wildman–Crippen LogP) is 2.02. The molecule has 0 aliphatic carbocycles. The van der Waals surface area contributed by atoms with Crippen LogP contribution in [0.25, 0.3) is 0 Å². The predicted molar refractivity (Wildman–Crippen MR) is 69.2 cm³/mol. The molecule has 21 heavy (non-hydrogen) atoms. The summed E-state index contributed by atoms with van der Waals surface area (Å²) in [6.07, 6.45) is -4.82. The molecule has 1 unspecified atom stereocenters. The second kappa shape index (κ2) is 7.10. The number of hydrogen-bond donors (Lipinski definition) is 2. The van der Waals surface area contributed by atoms with Gasteiger partial charge in [0.25, 0.3) is 0 Å². The molecule has 0 radical (unpaired) electrons. The fourth-order valence-corrected chi connectivity index (χ4v) is 2.57. The lowest BCUT2D eigenvalue weighted by molar-refractivity contribution is -0.274. The highest BCUT2D eigenvalue weighted by molar-refractivity contribution is 7.89. The first kappa shape index (κ1) is 17.7. The Labute approximate surface area is 120 Å². The van der Waals surface area contributed by atoms with Gasteiger partial charge in [-0.15, -0.1) is 13.2 Å². The number of benzene rings is 1. The van der Waals surface area contributed by atoms with E-state index >= 15 is 0 Å². The van der Waals surface area contributed by atoms with Gasteiger partial charge < -0.3 is 9.84 Å². The number of nitrogens with one attached hydrogen (secondary N) is 1. The van der Waals surface area contributed by atoms with E-state index in [1.54, 1.807) is 6.92 Å². The summed E-state index contributed by atoms with van der Waals surface area (Å²) in [6.45, 7) is 1.73. The molecule has 1 aromatic carbocycles. The molecule has 1 rings (SSSR count). The van der Waals surface area contributed by atoms with Gasteiger partial charge in [-0.05, 0) is 25.0 Å². The van der Waals surface area contributed by atoms with Crippen molar-refractivity contribution in [1.29, 1.82) is 0 Å². The molecular formula is C12H16F3NO4S. The molecule has 120 valence electrons.